The lowest BCUT2D eigenvalue weighted by atomic mass is 10.0. The molecule has 136 valence electrons. The van der Waals surface area contributed by atoms with Crippen LogP contribution >= 0.6 is 12.2 Å². The third-order valence-corrected chi connectivity index (χ3v) is 4.20. The molecule has 0 saturated carbocycles. The molecule has 0 fully saturated rings. The monoisotopic (exact) mass is 380 g/mol. The van der Waals surface area contributed by atoms with E-state index in [2.05, 4.69) is 15.2 Å². The maximum absolute atomic E-state index is 13.7. The first kappa shape index (κ1) is 17.9. The zero-order valence-corrected chi connectivity index (χ0v) is 14.6. The van der Waals surface area contributed by atoms with Gasteiger partial charge in [0.25, 0.3) is 5.89 Å². The molecule has 0 amide bonds. The van der Waals surface area contributed by atoms with Crippen LogP contribution in [0, 0.1) is 23.3 Å². The summed E-state index contributed by atoms with van der Waals surface area (Å²) in [5.74, 6) is -3.04. The summed E-state index contributed by atoms with van der Waals surface area (Å²) in [6.45, 7) is 3.35. The Morgan fingerprint density at radius 1 is 1.38 bits per heavy atom. The number of nitrogens with zero attached hydrogens (tertiary/aromatic N) is 3. The topological polar surface area (TPSA) is 96.9 Å². The number of aromatic nitrogens is 4. The number of aromatic carboxylic acids is 1. The largest absolute Gasteiger partial charge is 0.477 e. The van der Waals surface area contributed by atoms with Gasteiger partial charge < -0.3 is 19.1 Å². The minimum Gasteiger partial charge on any atom is -0.477 e. The molecule has 2 aromatic heterocycles. The molecule has 3 rings (SSSR count). The van der Waals surface area contributed by atoms with Crippen LogP contribution in [0.2, 0.25) is 0 Å². The Morgan fingerprint density at radius 3 is 2.65 bits per heavy atom. The van der Waals surface area contributed by atoms with E-state index < -0.39 is 23.6 Å². The molecule has 1 unspecified atom stereocenters. The maximum Gasteiger partial charge on any atom is 0.355 e. The highest BCUT2D eigenvalue weighted by atomic mass is 32.1. The van der Waals surface area contributed by atoms with Gasteiger partial charge in [0.05, 0.1) is 6.04 Å². The summed E-state index contributed by atoms with van der Waals surface area (Å²) in [7, 11) is 0. The Morgan fingerprint density at radius 2 is 2.12 bits per heavy atom. The quantitative estimate of drug-likeness (QED) is 0.652. The number of imidazole rings is 1. The van der Waals surface area contributed by atoms with Gasteiger partial charge >= 0.3 is 5.97 Å². The molecule has 0 spiro atoms. The molecule has 26 heavy (non-hydrogen) atoms. The summed E-state index contributed by atoms with van der Waals surface area (Å²) in [5.41, 5.74) is 0.247. The lowest BCUT2D eigenvalue weighted by molar-refractivity contribution is 0.0684. The van der Waals surface area contributed by atoms with Crippen LogP contribution in [-0.4, -0.2) is 30.8 Å². The highest BCUT2D eigenvalue weighted by Crippen LogP contribution is 2.30. The summed E-state index contributed by atoms with van der Waals surface area (Å²) >= 11 is 5.27. The van der Waals surface area contributed by atoms with Gasteiger partial charge in [-0.2, -0.15) is 0 Å². The molecule has 0 saturated heterocycles. The lowest BCUT2D eigenvalue weighted by Crippen LogP contribution is -2.17. The standard InChI is InChI=1S/C16H14F2N4O3S/c1-3-11(8-4-5-9(17)10(18)6-8)22-13(15(23)24)12(19-16(22)26)14-21-20-7(2)25-14/h4-6,11H,3H2,1-2H3,(H,19,26)(H,23,24). The fraction of sp³-hybridized carbons (Fsp3) is 0.250. The molecule has 7 nitrogen and oxygen atoms in total. The molecule has 2 N–H and O–H groups in total. The Hall–Kier alpha value is -2.88. The molecular weight excluding hydrogens is 366 g/mol. The van der Waals surface area contributed by atoms with Crippen LogP contribution in [0.3, 0.4) is 0 Å². The van der Waals surface area contributed by atoms with Gasteiger partial charge in [-0.15, -0.1) is 10.2 Å². The number of benzene rings is 1. The smallest absolute Gasteiger partial charge is 0.355 e. The predicted octanol–water partition coefficient (Wildman–Crippen LogP) is 3.88. The summed E-state index contributed by atoms with van der Waals surface area (Å²) < 4.78 is 33.6. The normalized spacial score (nSPS) is 12.3. The highest BCUT2D eigenvalue weighted by Gasteiger charge is 2.28. The van der Waals surface area contributed by atoms with Crippen LogP contribution in [0.15, 0.2) is 22.6 Å². The van der Waals surface area contributed by atoms with E-state index >= 15 is 0 Å². The van der Waals surface area contributed by atoms with E-state index in [4.69, 9.17) is 16.6 Å². The number of H-pyrrole nitrogens is 1. The molecule has 0 aliphatic heterocycles. The van der Waals surface area contributed by atoms with Crippen molar-refractivity contribution >= 4 is 18.2 Å². The van der Waals surface area contributed by atoms with Crippen molar-refractivity contribution in [1.82, 2.24) is 19.7 Å². The van der Waals surface area contributed by atoms with E-state index in [-0.39, 0.29) is 27.9 Å². The third-order valence-electron chi connectivity index (χ3n) is 3.90. The highest BCUT2D eigenvalue weighted by molar-refractivity contribution is 7.71. The number of carbonyl (C=O) groups is 1. The Balaban J connectivity index is 2.22. The average molecular weight is 380 g/mol. The van der Waals surface area contributed by atoms with Gasteiger partial charge in [-0.05, 0) is 36.3 Å². The molecule has 10 heteroatoms. The molecule has 3 aromatic rings. The van der Waals surface area contributed by atoms with E-state index in [1.54, 1.807) is 13.8 Å². The minimum absolute atomic E-state index is 0.0233. The van der Waals surface area contributed by atoms with Crippen molar-refractivity contribution < 1.29 is 23.1 Å². The second-order valence-corrected chi connectivity index (χ2v) is 5.94. The number of rotatable bonds is 5. The van der Waals surface area contributed by atoms with Gasteiger partial charge in [0.15, 0.2) is 22.1 Å². The lowest BCUT2D eigenvalue weighted by Gasteiger charge is -2.19. The minimum atomic E-state index is -1.27. The van der Waals surface area contributed by atoms with Crippen LogP contribution < -0.4 is 0 Å². The molecule has 0 bridgehead atoms. The predicted molar refractivity (Wildman–Crippen MR) is 89.4 cm³/mol. The van der Waals surface area contributed by atoms with Gasteiger partial charge in [0.2, 0.25) is 5.89 Å². The number of hydrogen-bond acceptors (Lipinski definition) is 5. The van der Waals surface area contributed by atoms with Crippen LogP contribution in [-0.2, 0) is 0 Å². The van der Waals surface area contributed by atoms with Crippen molar-refractivity contribution in [3.63, 3.8) is 0 Å². The molecule has 2 heterocycles. The SMILES string of the molecule is CCC(c1ccc(F)c(F)c1)n1c(C(=O)O)c(-c2nnc(C)o2)[nH]c1=S. The van der Waals surface area contributed by atoms with Gasteiger partial charge in [-0.3, -0.25) is 0 Å². The van der Waals surface area contributed by atoms with E-state index in [9.17, 15) is 18.7 Å². The van der Waals surface area contributed by atoms with Crippen molar-refractivity contribution in [2.24, 2.45) is 0 Å². The number of carboxylic acids is 1. The van der Waals surface area contributed by atoms with Crippen molar-refractivity contribution in [2.75, 3.05) is 0 Å². The third kappa shape index (κ3) is 3.03. The zero-order chi connectivity index (χ0) is 19.0. The van der Waals surface area contributed by atoms with Gasteiger partial charge in [0, 0.05) is 6.92 Å². The average Bonchev–Trinajstić information content (AvgIpc) is 3.15. The first-order valence-corrected chi connectivity index (χ1v) is 8.07. The van der Waals surface area contributed by atoms with Crippen molar-refractivity contribution in [3.05, 3.63) is 51.8 Å². The van der Waals surface area contributed by atoms with Gasteiger partial charge in [-0.25, -0.2) is 13.6 Å². The first-order chi connectivity index (χ1) is 12.3. The summed E-state index contributed by atoms with van der Waals surface area (Å²) in [4.78, 5) is 14.7. The van der Waals surface area contributed by atoms with Gasteiger partial charge in [0.1, 0.15) is 5.69 Å². The fourth-order valence-corrected chi connectivity index (χ4v) is 3.12. The van der Waals surface area contributed by atoms with Crippen molar-refractivity contribution in [3.8, 4) is 11.6 Å². The number of nitrogens with one attached hydrogen (secondary N) is 1. The second kappa shape index (κ2) is 6.79. The Labute approximate surface area is 151 Å². The number of halogens is 2. The first-order valence-electron chi connectivity index (χ1n) is 7.66. The number of aryl methyl sites for hydroxylation is 1. The van der Waals surface area contributed by atoms with Crippen molar-refractivity contribution in [1.29, 1.82) is 0 Å². The number of carboxylic acid groups (broad SMARTS) is 1. The van der Waals surface area contributed by atoms with E-state index in [1.165, 1.54) is 10.6 Å². The maximum atomic E-state index is 13.7. The summed E-state index contributed by atoms with van der Waals surface area (Å²) in [6, 6.07) is 2.79. The molecule has 1 atom stereocenters. The molecule has 1 aromatic carbocycles. The van der Waals surface area contributed by atoms with E-state index in [0.29, 0.717) is 12.0 Å². The number of hydrogen-bond donors (Lipinski definition) is 2. The molecular formula is C16H14F2N4O3S. The zero-order valence-electron chi connectivity index (χ0n) is 13.8. The van der Waals surface area contributed by atoms with Crippen LogP contribution in [0.25, 0.3) is 11.6 Å². The van der Waals surface area contributed by atoms with E-state index in [0.717, 1.165) is 12.1 Å². The van der Waals surface area contributed by atoms with Crippen molar-refractivity contribution in [2.45, 2.75) is 26.3 Å². The van der Waals surface area contributed by atoms with Gasteiger partial charge in [-0.1, -0.05) is 13.0 Å². The van der Waals surface area contributed by atoms with Crippen LogP contribution in [0.5, 0.6) is 0 Å². The molecule has 0 aliphatic carbocycles. The van der Waals surface area contributed by atoms with E-state index in [1.807, 2.05) is 0 Å². The second-order valence-electron chi connectivity index (χ2n) is 5.55. The Bertz CT molecular complexity index is 1040. The summed E-state index contributed by atoms with van der Waals surface area (Å²) in [6.07, 6.45) is 0.389. The Kier molecular flexibility index (Phi) is 4.68. The molecule has 0 radical (unpaired) electrons. The summed E-state index contributed by atoms with van der Waals surface area (Å²) in [5, 5.41) is 17.2. The van der Waals surface area contributed by atoms with Crippen LogP contribution in [0.1, 0.15) is 41.3 Å². The number of aromatic amines is 1. The fourth-order valence-electron chi connectivity index (χ4n) is 2.80. The van der Waals surface area contributed by atoms with Crippen LogP contribution in [0.4, 0.5) is 8.78 Å². The molecule has 0 aliphatic rings.